The monoisotopic (exact) mass is 344 g/mol. The van der Waals surface area contributed by atoms with E-state index in [1.54, 1.807) is 6.08 Å². The second-order valence-corrected chi connectivity index (χ2v) is 7.68. The van der Waals surface area contributed by atoms with Crippen LogP contribution in [0.4, 0.5) is 0 Å². The molecule has 2 aliphatic carbocycles. The lowest BCUT2D eigenvalue weighted by molar-refractivity contribution is -0.153. The molecule has 0 bridgehead atoms. The van der Waals surface area contributed by atoms with Crippen LogP contribution in [0.25, 0.3) is 0 Å². The number of ether oxygens (including phenoxy) is 2. The van der Waals surface area contributed by atoms with Crippen LogP contribution in [-0.4, -0.2) is 29.9 Å². The largest absolute Gasteiger partial charge is 0.461 e. The number of ketones is 1. The van der Waals surface area contributed by atoms with Crippen LogP contribution < -0.4 is 0 Å². The topological polar surface area (TPSA) is 69.7 Å². The second kappa shape index (κ2) is 6.28. The normalized spacial score (nSPS) is 31.6. The number of carbonyl (C=O) groups excluding carboxylic acids is 3. The molecule has 0 radical (unpaired) electrons. The minimum atomic E-state index is -0.535. The fourth-order valence-electron chi connectivity index (χ4n) is 4.18. The minimum absolute atomic E-state index is 0.0403. The predicted octanol–water partition coefficient (Wildman–Crippen LogP) is 2.91. The molecule has 3 rings (SSSR count). The Kier molecular flexibility index (Phi) is 4.43. The predicted molar refractivity (Wildman–Crippen MR) is 91.4 cm³/mol. The summed E-state index contributed by atoms with van der Waals surface area (Å²) in [5.41, 5.74) is 2.78. The van der Waals surface area contributed by atoms with Gasteiger partial charge in [-0.25, -0.2) is 4.79 Å². The minimum Gasteiger partial charge on any atom is -0.461 e. The summed E-state index contributed by atoms with van der Waals surface area (Å²) in [6.07, 6.45) is 1.27. The Bertz CT molecular complexity index is 724. The van der Waals surface area contributed by atoms with Gasteiger partial charge in [0.05, 0.1) is 5.92 Å². The number of carbonyl (C=O) groups is 3. The van der Waals surface area contributed by atoms with Crippen molar-refractivity contribution < 1.29 is 23.9 Å². The van der Waals surface area contributed by atoms with Crippen LogP contribution in [0, 0.1) is 17.8 Å². The van der Waals surface area contributed by atoms with Crippen molar-refractivity contribution in [2.24, 2.45) is 17.8 Å². The molecule has 1 heterocycles. The zero-order chi connectivity index (χ0) is 18.5. The zero-order valence-electron chi connectivity index (χ0n) is 15.1. The maximum Gasteiger partial charge on any atom is 0.334 e. The molecule has 4 atom stereocenters. The van der Waals surface area contributed by atoms with Crippen molar-refractivity contribution in [2.45, 2.75) is 52.7 Å². The summed E-state index contributed by atoms with van der Waals surface area (Å²) in [6, 6.07) is 0. The Morgan fingerprint density at radius 3 is 2.68 bits per heavy atom. The molecule has 0 aromatic carbocycles. The van der Waals surface area contributed by atoms with E-state index >= 15 is 0 Å². The highest BCUT2D eigenvalue weighted by molar-refractivity contribution is 6.09. The third-order valence-electron chi connectivity index (χ3n) is 5.24. The molecule has 0 aromatic rings. The van der Waals surface area contributed by atoms with E-state index in [2.05, 4.69) is 6.58 Å². The maximum absolute atomic E-state index is 12.4. The van der Waals surface area contributed by atoms with Gasteiger partial charge in [-0.05, 0) is 25.8 Å². The van der Waals surface area contributed by atoms with Crippen molar-refractivity contribution in [3.8, 4) is 0 Å². The Balaban J connectivity index is 1.98. The zero-order valence-corrected chi connectivity index (χ0v) is 15.1. The molecule has 5 nitrogen and oxygen atoms in total. The number of esters is 2. The lowest BCUT2D eigenvalue weighted by Gasteiger charge is -2.28. The lowest BCUT2D eigenvalue weighted by Crippen LogP contribution is -2.36. The molecular formula is C20H24O5. The Labute approximate surface area is 147 Å². The third-order valence-corrected chi connectivity index (χ3v) is 5.24. The van der Waals surface area contributed by atoms with Gasteiger partial charge in [-0.1, -0.05) is 31.6 Å². The summed E-state index contributed by atoms with van der Waals surface area (Å²) < 4.78 is 11.3. The summed E-state index contributed by atoms with van der Waals surface area (Å²) >= 11 is 0. The average molecular weight is 344 g/mol. The van der Waals surface area contributed by atoms with Crippen LogP contribution in [0.2, 0.25) is 0 Å². The van der Waals surface area contributed by atoms with E-state index in [1.807, 2.05) is 27.7 Å². The molecule has 0 unspecified atom stereocenters. The van der Waals surface area contributed by atoms with Crippen LogP contribution in [-0.2, 0) is 23.9 Å². The van der Waals surface area contributed by atoms with Gasteiger partial charge in [-0.2, -0.15) is 0 Å². The molecule has 0 saturated carbocycles. The van der Waals surface area contributed by atoms with Gasteiger partial charge in [0.1, 0.15) is 12.2 Å². The number of fused-ring (bicyclic) bond motifs is 3. The molecule has 0 N–H and O–H groups in total. The van der Waals surface area contributed by atoms with Crippen molar-refractivity contribution in [3.05, 3.63) is 34.9 Å². The van der Waals surface area contributed by atoms with Gasteiger partial charge in [0.15, 0.2) is 5.78 Å². The number of rotatable bonds is 3. The number of allylic oxidation sites excluding steroid dienone is 1. The van der Waals surface area contributed by atoms with Crippen LogP contribution in [0.5, 0.6) is 0 Å². The van der Waals surface area contributed by atoms with E-state index in [4.69, 9.17) is 9.47 Å². The van der Waals surface area contributed by atoms with Gasteiger partial charge < -0.3 is 9.47 Å². The molecule has 5 heteroatoms. The van der Waals surface area contributed by atoms with Crippen LogP contribution >= 0.6 is 0 Å². The van der Waals surface area contributed by atoms with Crippen LogP contribution in [0.1, 0.15) is 40.5 Å². The smallest absolute Gasteiger partial charge is 0.334 e. The highest BCUT2D eigenvalue weighted by Gasteiger charge is 2.53. The molecule has 1 fully saturated rings. The van der Waals surface area contributed by atoms with Crippen molar-refractivity contribution in [2.75, 3.05) is 0 Å². The van der Waals surface area contributed by atoms with Crippen LogP contribution in [0.15, 0.2) is 34.9 Å². The molecular weight excluding hydrogens is 320 g/mol. The number of hydrogen-bond donors (Lipinski definition) is 0. The summed E-state index contributed by atoms with van der Waals surface area (Å²) in [5, 5.41) is 0. The average Bonchev–Trinajstić information content (AvgIpc) is 2.89. The van der Waals surface area contributed by atoms with Gasteiger partial charge in [-0.3, -0.25) is 9.59 Å². The van der Waals surface area contributed by atoms with Gasteiger partial charge in [-0.15, -0.1) is 0 Å². The quantitative estimate of drug-likeness (QED) is 0.581. The van der Waals surface area contributed by atoms with E-state index in [9.17, 15) is 14.4 Å². The summed E-state index contributed by atoms with van der Waals surface area (Å²) in [7, 11) is 0. The molecule has 0 spiro atoms. The fourth-order valence-corrected chi connectivity index (χ4v) is 4.18. The molecule has 134 valence electrons. The van der Waals surface area contributed by atoms with Gasteiger partial charge >= 0.3 is 11.9 Å². The molecule has 1 saturated heterocycles. The second-order valence-electron chi connectivity index (χ2n) is 7.68. The summed E-state index contributed by atoms with van der Waals surface area (Å²) in [5.74, 6) is -1.31. The van der Waals surface area contributed by atoms with Gasteiger partial charge in [0.25, 0.3) is 0 Å². The van der Waals surface area contributed by atoms with E-state index in [0.29, 0.717) is 24.0 Å². The molecule has 25 heavy (non-hydrogen) atoms. The Hall–Kier alpha value is -2.17. The highest BCUT2D eigenvalue weighted by atomic mass is 16.6. The van der Waals surface area contributed by atoms with Crippen molar-refractivity contribution >= 4 is 17.7 Å². The van der Waals surface area contributed by atoms with E-state index in [1.165, 1.54) is 0 Å². The van der Waals surface area contributed by atoms with Gasteiger partial charge in [0.2, 0.25) is 0 Å². The first kappa shape index (κ1) is 17.6. The molecule has 3 aliphatic rings. The first-order chi connectivity index (χ1) is 11.7. The number of hydrogen-bond acceptors (Lipinski definition) is 5. The van der Waals surface area contributed by atoms with Crippen molar-refractivity contribution in [1.29, 1.82) is 0 Å². The fraction of sp³-hybridized carbons (Fsp3) is 0.550. The standard InChI is InChI=1S/C20H24O5/c1-9(2)6-15(22)24-14-8-11(4)16-13(21)7-10(3)17(16)19-18(14)12(5)20(23)25-19/h7,9,14,17-19H,5-6,8H2,1-4H3/t14-,17-,18+,19+/m0/s1. The summed E-state index contributed by atoms with van der Waals surface area (Å²) in [6.45, 7) is 11.5. The Morgan fingerprint density at radius 2 is 2.04 bits per heavy atom. The third kappa shape index (κ3) is 2.96. The van der Waals surface area contributed by atoms with Crippen LogP contribution in [0.3, 0.4) is 0 Å². The van der Waals surface area contributed by atoms with Gasteiger partial charge in [0, 0.05) is 29.9 Å². The molecule has 0 aromatic heterocycles. The SMILES string of the molecule is C=C1C(=O)O[C@@H]2[C@H]3C(C)=CC(=O)C3=C(C)C[C@H](OC(=O)CC(C)C)[C@@H]12. The first-order valence-electron chi connectivity index (χ1n) is 8.72. The molecule has 1 aliphatic heterocycles. The Morgan fingerprint density at radius 1 is 1.36 bits per heavy atom. The van der Waals surface area contributed by atoms with Crippen molar-refractivity contribution in [1.82, 2.24) is 0 Å². The maximum atomic E-state index is 12.4. The van der Waals surface area contributed by atoms with E-state index in [-0.39, 0.29) is 23.6 Å². The lowest BCUT2D eigenvalue weighted by atomic mass is 9.82. The van der Waals surface area contributed by atoms with E-state index in [0.717, 1.165) is 11.1 Å². The first-order valence-corrected chi connectivity index (χ1v) is 8.72. The van der Waals surface area contributed by atoms with E-state index < -0.39 is 24.1 Å². The van der Waals surface area contributed by atoms with Crippen molar-refractivity contribution in [3.63, 3.8) is 0 Å². The molecule has 0 amide bonds. The summed E-state index contributed by atoms with van der Waals surface area (Å²) in [4.78, 5) is 36.8. The highest BCUT2D eigenvalue weighted by Crippen LogP contribution is 2.48.